The van der Waals surface area contributed by atoms with Gasteiger partial charge in [-0.15, -0.1) is 10.9 Å². The largest absolute Gasteiger partial charge is 1.00 e. The van der Waals surface area contributed by atoms with Crippen molar-refractivity contribution >= 4 is 71.7 Å². The summed E-state index contributed by atoms with van der Waals surface area (Å²) in [5, 5.41) is 32.1. The average molecular weight is 635 g/mol. The van der Waals surface area contributed by atoms with Crippen LogP contribution in [0.2, 0.25) is 0 Å². The maximum Gasteiger partial charge on any atom is 1.00 e. The normalized spacial score (nSPS) is 16.5. The molecule has 4 aromatic carbocycles. The average Bonchev–Trinajstić information content (AvgIpc) is 2.85. The van der Waals surface area contributed by atoms with Gasteiger partial charge in [-0.1, -0.05) is 17.9 Å². The molecule has 0 spiro atoms. The Balaban J connectivity index is 0.00000231. The Kier molecular flexibility index (Phi) is 9.58. The molecule has 18 heteroatoms. The molecule has 1 unspecified atom stereocenters. The van der Waals surface area contributed by atoms with Gasteiger partial charge in [0.25, 0.3) is 27.6 Å². The monoisotopic (exact) mass is 635 g/mol. The van der Waals surface area contributed by atoms with Crippen LogP contribution in [0.1, 0.15) is 0 Å². The number of azo groups is 1. The number of nitrogens with zero attached hydrogens (tertiary/aromatic N) is 3. The van der Waals surface area contributed by atoms with Crippen molar-refractivity contribution < 1.29 is 105 Å². The molecule has 1 heterocycles. The Hall–Kier alpha value is -1.85. The third kappa shape index (κ3) is 6.00. The van der Waals surface area contributed by atoms with Crippen LogP contribution < -0.4 is 84.8 Å². The second kappa shape index (κ2) is 11.7. The molecule has 202 valence electrons. The van der Waals surface area contributed by atoms with E-state index in [1.807, 2.05) is 0 Å². The van der Waals surface area contributed by atoms with Crippen LogP contribution in [0.15, 0.2) is 80.7 Å². The molecule has 1 atom stereocenters. The van der Waals surface area contributed by atoms with Gasteiger partial charge >= 0.3 is 59.1 Å². The summed E-state index contributed by atoms with van der Waals surface area (Å²) >= 11 is 0. The maximum atomic E-state index is 13.4. The fraction of sp³-hybridized carbons (Fsp3) is 0.0435. The van der Waals surface area contributed by atoms with E-state index in [0.717, 1.165) is 0 Å². The minimum atomic E-state index is -5.15. The summed E-state index contributed by atoms with van der Waals surface area (Å²) in [6.45, 7) is 0. The molecule has 0 saturated heterocycles. The summed E-state index contributed by atoms with van der Waals surface area (Å²) in [5.74, 6) is -2.43. The molecular formula is C23H16N3Na2O10PS2. The molecular weight excluding hydrogens is 619 g/mol. The Morgan fingerprint density at radius 2 is 1.46 bits per heavy atom. The molecule has 4 aromatic rings. The van der Waals surface area contributed by atoms with E-state index in [1.165, 1.54) is 24.3 Å². The van der Waals surface area contributed by atoms with Gasteiger partial charge in [-0.3, -0.25) is 13.7 Å². The molecule has 0 aromatic heterocycles. The minimum absolute atomic E-state index is 0. The molecule has 0 saturated carbocycles. The van der Waals surface area contributed by atoms with Gasteiger partial charge in [-0.2, -0.15) is 21.9 Å². The molecule has 0 aliphatic carbocycles. The van der Waals surface area contributed by atoms with Gasteiger partial charge < -0.3 is 20.0 Å². The Labute approximate surface area is 278 Å². The molecule has 0 radical (unpaired) electrons. The van der Waals surface area contributed by atoms with E-state index in [1.54, 1.807) is 30.1 Å². The first-order valence-electron chi connectivity index (χ1n) is 10.8. The van der Waals surface area contributed by atoms with Crippen LogP contribution in [-0.4, -0.2) is 37.9 Å². The summed E-state index contributed by atoms with van der Waals surface area (Å²) in [7, 11) is -12.4. The Bertz CT molecular complexity index is 2020. The molecule has 5 rings (SSSR count). The van der Waals surface area contributed by atoms with Crippen molar-refractivity contribution in [3.05, 3.63) is 60.7 Å². The molecule has 1 aliphatic heterocycles. The second-order valence-electron chi connectivity index (χ2n) is 8.52. The van der Waals surface area contributed by atoms with Crippen LogP contribution in [0.4, 0.5) is 22.7 Å². The fourth-order valence-electron chi connectivity index (χ4n) is 4.32. The van der Waals surface area contributed by atoms with E-state index in [2.05, 4.69) is 10.2 Å². The number of benzene rings is 4. The van der Waals surface area contributed by atoms with Crippen molar-refractivity contribution in [2.45, 2.75) is 9.79 Å². The van der Waals surface area contributed by atoms with E-state index < -0.39 is 65.4 Å². The predicted molar refractivity (Wildman–Crippen MR) is 137 cm³/mol. The molecule has 3 N–H and O–H groups in total. The van der Waals surface area contributed by atoms with E-state index in [0.29, 0.717) is 29.6 Å². The smallest absolute Gasteiger partial charge is 0.872 e. The van der Waals surface area contributed by atoms with Crippen LogP contribution in [0.25, 0.3) is 10.8 Å². The van der Waals surface area contributed by atoms with Gasteiger partial charge in [0.1, 0.15) is 4.90 Å². The first kappa shape index (κ1) is 33.6. The molecule has 1 aliphatic rings. The van der Waals surface area contributed by atoms with Gasteiger partial charge in [-0.25, -0.2) is 0 Å². The third-order valence-electron chi connectivity index (χ3n) is 6.13. The number of hydrogen-bond donors (Lipinski definition) is 3. The van der Waals surface area contributed by atoms with Crippen molar-refractivity contribution in [2.75, 3.05) is 11.9 Å². The van der Waals surface area contributed by atoms with Crippen LogP contribution in [0.5, 0.6) is 11.5 Å². The zero-order chi connectivity index (χ0) is 28.5. The molecule has 0 amide bonds. The fourth-order valence-corrected chi connectivity index (χ4v) is 7.43. The van der Waals surface area contributed by atoms with E-state index in [-0.39, 0.29) is 75.4 Å². The number of fused-ring (bicyclic) bond motifs is 3. The SMILES string of the molecule is CN1c2ccccc2P(=O)(O)c2cc(N=Nc3c(S(=O)(=O)O)cc4cc(S(=O)(=O)O)cc([O-])c4c3[O-])ccc21.[Na+].[Na+]. The first-order valence-corrected chi connectivity index (χ1v) is 15.3. The number of anilines is 2. The van der Waals surface area contributed by atoms with Crippen LogP contribution in [0, 0.1) is 0 Å². The van der Waals surface area contributed by atoms with Crippen LogP contribution in [0.3, 0.4) is 0 Å². The minimum Gasteiger partial charge on any atom is -0.872 e. The molecule has 0 bridgehead atoms. The van der Waals surface area contributed by atoms with Crippen molar-refractivity contribution in [3.63, 3.8) is 0 Å². The van der Waals surface area contributed by atoms with Crippen LogP contribution >= 0.6 is 7.37 Å². The Morgan fingerprint density at radius 3 is 2.10 bits per heavy atom. The Morgan fingerprint density at radius 1 is 0.829 bits per heavy atom. The molecule has 0 fully saturated rings. The summed E-state index contributed by atoms with van der Waals surface area (Å²) in [4.78, 5) is 10.7. The third-order valence-corrected chi connectivity index (χ3v) is 9.87. The zero-order valence-corrected chi connectivity index (χ0v) is 28.1. The molecule has 13 nitrogen and oxygen atoms in total. The van der Waals surface area contributed by atoms with Crippen molar-refractivity contribution in [3.8, 4) is 11.5 Å². The predicted octanol–water partition coefficient (Wildman–Crippen LogP) is -3.79. The van der Waals surface area contributed by atoms with Crippen molar-refractivity contribution in [2.24, 2.45) is 10.2 Å². The van der Waals surface area contributed by atoms with E-state index >= 15 is 0 Å². The summed E-state index contributed by atoms with van der Waals surface area (Å²) in [6, 6.07) is 12.5. The van der Waals surface area contributed by atoms with E-state index in [4.69, 9.17) is 0 Å². The van der Waals surface area contributed by atoms with Gasteiger partial charge in [-0.05, 0) is 59.3 Å². The van der Waals surface area contributed by atoms with Gasteiger partial charge in [0.05, 0.1) is 38.3 Å². The first-order chi connectivity index (χ1) is 18.1. The standard InChI is InChI=1S/C23H18N3O10PS2.2Na/c1-26-15-4-2-3-5-18(15)37(29,30)19-10-13(6-7-16(19)26)24-25-22-20(39(34,35)36)9-12-8-14(38(31,32)33)11-17(27)21(12)23(22)28;;/h2-11,27-28H,1H3,(H,29,30)(H,31,32,33)(H,34,35,36);;/q;2*+1/p-2. The van der Waals surface area contributed by atoms with Crippen LogP contribution in [-0.2, 0) is 24.8 Å². The maximum absolute atomic E-state index is 13.4. The quantitative estimate of drug-likeness (QED) is 0.0855. The van der Waals surface area contributed by atoms with Gasteiger partial charge in [0.15, 0.2) is 0 Å². The number of rotatable bonds is 4. The topological polar surface area (TPSA) is 220 Å². The summed E-state index contributed by atoms with van der Waals surface area (Å²) < 4.78 is 79.3. The van der Waals surface area contributed by atoms with E-state index in [9.17, 15) is 45.6 Å². The van der Waals surface area contributed by atoms with Crippen molar-refractivity contribution in [1.29, 1.82) is 0 Å². The summed E-state index contributed by atoms with van der Waals surface area (Å²) in [6.07, 6.45) is 0. The van der Waals surface area contributed by atoms with Crippen molar-refractivity contribution in [1.82, 2.24) is 0 Å². The zero-order valence-electron chi connectivity index (χ0n) is 21.6. The molecule has 41 heavy (non-hydrogen) atoms. The number of para-hydroxylation sites is 1. The number of hydrogen-bond acceptors (Lipinski definition) is 10. The van der Waals surface area contributed by atoms with Gasteiger partial charge in [0, 0.05) is 7.05 Å². The van der Waals surface area contributed by atoms with Gasteiger partial charge in [0.2, 0.25) is 0 Å². The second-order valence-corrected chi connectivity index (χ2v) is 13.4. The summed E-state index contributed by atoms with van der Waals surface area (Å²) in [5.41, 5.74) is -0.0755.